The second-order valence-electron chi connectivity index (χ2n) is 5.70. The van der Waals surface area contributed by atoms with Crippen molar-refractivity contribution < 1.29 is 9.21 Å². The van der Waals surface area contributed by atoms with E-state index in [-0.39, 0.29) is 11.9 Å². The molecule has 1 amide bonds. The Balaban J connectivity index is 1.50. The molecule has 0 saturated carbocycles. The number of piperidine rings is 1. The van der Waals surface area contributed by atoms with Crippen LogP contribution in [-0.2, 0) is 0 Å². The first-order chi connectivity index (χ1) is 11.3. The quantitative estimate of drug-likeness (QED) is 0.805. The number of imidazole rings is 1. The van der Waals surface area contributed by atoms with Crippen LogP contribution >= 0.6 is 0 Å². The number of nitrogens with zero attached hydrogens (tertiary/aromatic N) is 4. The lowest BCUT2D eigenvalue weighted by atomic mass is 10.1. The number of aromatic amines is 1. The topological polar surface area (TPSA) is 80.0 Å². The fourth-order valence-electron chi connectivity index (χ4n) is 3.02. The van der Waals surface area contributed by atoms with Crippen molar-refractivity contribution in [3.63, 3.8) is 0 Å². The summed E-state index contributed by atoms with van der Waals surface area (Å²) in [5.74, 6) is 0.621. The lowest BCUT2D eigenvalue weighted by molar-refractivity contribution is 0.0673. The van der Waals surface area contributed by atoms with Gasteiger partial charge in [0.2, 0.25) is 0 Å². The summed E-state index contributed by atoms with van der Waals surface area (Å²) in [6, 6.07) is 5.65. The average molecular weight is 311 g/mol. The van der Waals surface area contributed by atoms with Crippen LogP contribution in [0.3, 0.4) is 0 Å². The summed E-state index contributed by atoms with van der Waals surface area (Å²) in [4.78, 5) is 18.6. The number of furan rings is 1. The number of carbonyl (C=O) groups is 1. The van der Waals surface area contributed by atoms with E-state index in [4.69, 9.17) is 4.42 Å². The smallest absolute Gasteiger partial charge is 0.274 e. The molecule has 0 unspecified atom stereocenters. The van der Waals surface area contributed by atoms with Crippen LogP contribution in [0.4, 0.5) is 0 Å². The predicted molar refractivity (Wildman–Crippen MR) is 82.7 cm³/mol. The van der Waals surface area contributed by atoms with Crippen LogP contribution in [0.15, 0.2) is 47.6 Å². The van der Waals surface area contributed by atoms with Crippen molar-refractivity contribution in [3.8, 4) is 11.5 Å². The van der Waals surface area contributed by atoms with Gasteiger partial charge < -0.3 is 13.9 Å². The maximum atomic E-state index is 12.7. The Hall–Kier alpha value is -2.83. The highest BCUT2D eigenvalue weighted by atomic mass is 16.3. The predicted octanol–water partition coefficient (Wildman–Crippen LogP) is 2.34. The van der Waals surface area contributed by atoms with Gasteiger partial charge in [-0.3, -0.25) is 9.89 Å². The van der Waals surface area contributed by atoms with Crippen LogP contribution in [-0.4, -0.2) is 43.6 Å². The van der Waals surface area contributed by atoms with Gasteiger partial charge in [0.1, 0.15) is 5.69 Å². The summed E-state index contributed by atoms with van der Waals surface area (Å²) in [5.41, 5.74) is 1.13. The van der Waals surface area contributed by atoms with E-state index in [2.05, 4.69) is 19.7 Å². The molecule has 1 atom stereocenters. The molecule has 7 nitrogen and oxygen atoms in total. The first kappa shape index (κ1) is 13.8. The molecule has 1 aliphatic heterocycles. The van der Waals surface area contributed by atoms with E-state index in [1.807, 2.05) is 23.5 Å². The van der Waals surface area contributed by atoms with Crippen LogP contribution in [0.2, 0.25) is 0 Å². The van der Waals surface area contributed by atoms with Gasteiger partial charge >= 0.3 is 0 Å². The van der Waals surface area contributed by atoms with Gasteiger partial charge in [0.05, 0.1) is 18.6 Å². The number of rotatable bonds is 3. The SMILES string of the molecule is O=C(c1cc(-c2ccco2)[nH]n1)N1CCC[C@H](n2ccnc2)C1. The van der Waals surface area contributed by atoms with Crippen LogP contribution in [0.5, 0.6) is 0 Å². The Morgan fingerprint density at radius 1 is 1.43 bits per heavy atom. The summed E-state index contributed by atoms with van der Waals surface area (Å²) >= 11 is 0. The zero-order valence-corrected chi connectivity index (χ0v) is 12.6. The minimum Gasteiger partial charge on any atom is -0.463 e. The summed E-state index contributed by atoms with van der Waals surface area (Å²) in [6.07, 6.45) is 9.15. The normalized spacial score (nSPS) is 18.3. The van der Waals surface area contributed by atoms with Crippen molar-refractivity contribution in [3.05, 3.63) is 48.9 Å². The summed E-state index contributed by atoms with van der Waals surface area (Å²) < 4.78 is 7.39. The Morgan fingerprint density at radius 3 is 3.17 bits per heavy atom. The van der Waals surface area contributed by atoms with E-state index in [1.165, 1.54) is 0 Å². The molecule has 1 fully saturated rings. The Morgan fingerprint density at radius 2 is 2.39 bits per heavy atom. The summed E-state index contributed by atoms with van der Waals surface area (Å²) in [6.45, 7) is 1.44. The van der Waals surface area contributed by atoms with Crippen LogP contribution in [0, 0.1) is 0 Å². The Bertz CT molecular complexity index is 775. The minimum atomic E-state index is -0.0520. The van der Waals surface area contributed by atoms with Gasteiger partial charge in [0.25, 0.3) is 5.91 Å². The second-order valence-corrected chi connectivity index (χ2v) is 5.70. The lowest BCUT2D eigenvalue weighted by Crippen LogP contribution is -2.40. The molecule has 23 heavy (non-hydrogen) atoms. The van der Waals surface area contributed by atoms with Crippen molar-refractivity contribution >= 4 is 5.91 Å². The monoisotopic (exact) mass is 311 g/mol. The molecule has 118 valence electrons. The van der Waals surface area contributed by atoms with Gasteiger partial charge in [-0.05, 0) is 25.0 Å². The van der Waals surface area contributed by atoms with Gasteiger partial charge in [0, 0.05) is 31.5 Å². The number of nitrogens with one attached hydrogen (secondary N) is 1. The van der Waals surface area contributed by atoms with Gasteiger partial charge in [-0.1, -0.05) is 0 Å². The fourth-order valence-corrected chi connectivity index (χ4v) is 3.02. The van der Waals surface area contributed by atoms with Gasteiger partial charge in [0.15, 0.2) is 11.5 Å². The van der Waals surface area contributed by atoms with E-state index in [9.17, 15) is 4.79 Å². The van der Waals surface area contributed by atoms with Crippen molar-refractivity contribution in [1.29, 1.82) is 0 Å². The zero-order valence-electron chi connectivity index (χ0n) is 12.6. The van der Waals surface area contributed by atoms with Crippen molar-refractivity contribution in [2.24, 2.45) is 0 Å². The molecule has 0 bridgehead atoms. The van der Waals surface area contributed by atoms with E-state index < -0.39 is 0 Å². The second kappa shape index (κ2) is 5.75. The molecule has 3 aromatic heterocycles. The lowest BCUT2D eigenvalue weighted by Gasteiger charge is -2.32. The molecule has 0 radical (unpaired) electrons. The maximum Gasteiger partial charge on any atom is 0.274 e. The van der Waals surface area contributed by atoms with Crippen molar-refractivity contribution in [1.82, 2.24) is 24.6 Å². The van der Waals surface area contributed by atoms with Gasteiger partial charge in [-0.15, -0.1) is 0 Å². The molecule has 1 saturated heterocycles. The first-order valence-electron chi connectivity index (χ1n) is 7.67. The third-order valence-corrected chi connectivity index (χ3v) is 4.21. The van der Waals surface area contributed by atoms with E-state index in [1.54, 1.807) is 24.6 Å². The van der Waals surface area contributed by atoms with E-state index >= 15 is 0 Å². The molecular weight excluding hydrogens is 294 g/mol. The maximum absolute atomic E-state index is 12.7. The third-order valence-electron chi connectivity index (χ3n) is 4.21. The van der Waals surface area contributed by atoms with Crippen LogP contribution < -0.4 is 0 Å². The number of H-pyrrole nitrogens is 1. The molecule has 1 N–H and O–H groups in total. The van der Waals surface area contributed by atoms with Crippen molar-refractivity contribution in [2.45, 2.75) is 18.9 Å². The number of amides is 1. The molecule has 4 rings (SSSR count). The number of carbonyl (C=O) groups excluding carboxylic acids is 1. The number of hydrogen-bond donors (Lipinski definition) is 1. The van der Waals surface area contributed by atoms with Crippen molar-refractivity contribution in [2.75, 3.05) is 13.1 Å². The first-order valence-corrected chi connectivity index (χ1v) is 7.67. The largest absolute Gasteiger partial charge is 0.463 e. The minimum absolute atomic E-state index is 0.0520. The highest BCUT2D eigenvalue weighted by Crippen LogP contribution is 2.23. The third kappa shape index (κ3) is 2.65. The molecule has 7 heteroatoms. The number of hydrogen-bond acceptors (Lipinski definition) is 4. The zero-order chi connectivity index (χ0) is 15.6. The highest BCUT2D eigenvalue weighted by Gasteiger charge is 2.26. The number of likely N-dealkylation sites (tertiary alicyclic amines) is 1. The van der Waals surface area contributed by atoms with E-state index in [0.717, 1.165) is 19.4 Å². The van der Waals surface area contributed by atoms with Crippen LogP contribution in [0.1, 0.15) is 29.4 Å². The molecule has 3 aromatic rings. The molecule has 0 spiro atoms. The highest BCUT2D eigenvalue weighted by molar-refractivity contribution is 5.93. The standard InChI is InChI=1S/C16H17N5O2/c22-16(14-9-13(18-19-14)15-4-2-8-23-15)20-6-1-3-12(10-20)21-7-5-17-11-21/h2,4-5,7-9,11-12H,1,3,6,10H2,(H,18,19)/t12-/m0/s1. The molecule has 4 heterocycles. The Kier molecular flexibility index (Phi) is 3.45. The summed E-state index contributed by atoms with van der Waals surface area (Å²) in [7, 11) is 0. The van der Waals surface area contributed by atoms with E-state index in [0.29, 0.717) is 23.7 Å². The summed E-state index contributed by atoms with van der Waals surface area (Å²) in [5, 5.41) is 7.00. The van der Waals surface area contributed by atoms with Crippen LogP contribution in [0.25, 0.3) is 11.5 Å². The number of aromatic nitrogens is 4. The molecule has 0 aromatic carbocycles. The fraction of sp³-hybridized carbons (Fsp3) is 0.312. The molecule has 1 aliphatic rings. The average Bonchev–Trinajstić information content (AvgIpc) is 3.36. The molecular formula is C16H17N5O2. The van der Waals surface area contributed by atoms with Gasteiger partial charge in [-0.2, -0.15) is 5.10 Å². The Labute approximate surface area is 132 Å². The molecule has 0 aliphatic carbocycles. The van der Waals surface area contributed by atoms with Gasteiger partial charge in [-0.25, -0.2) is 4.98 Å².